The summed E-state index contributed by atoms with van der Waals surface area (Å²) in [5.41, 5.74) is -0.320. The maximum Gasteiger partial charge on any atom is 0.167 e. The highest BCUT2D eigenvalue weighted by Crippen LogP contribution is 2.64. The van der Waals surface area contributed by atoms with Gasteiger partial charge in [-0.05, 0) is 43.9 Å². The summed E-state index contributed by atoms with van der Waals surface area (Å²) in [6, 6.07) is 0. The van der Waals surface area contributed by atoms with Crippen LogP contribution >= 0.6 is 0 Å². The lowest BCUT2D eigenvalue weighted by Gasteiger charge is -2.51. The molecule has 4 atom stereocenters. The van der Waals surface area contributed by atoms with E-state index in [1.165, 1.54) is 19.3 Å². The first-order chi connectivity index (χ1) is 7.82. The minimum atomic E-state index is -0.427. The molecular weight excluding hydrogens is 212 g/mol. The predicted octanol–water partition coefficient (Wildman–Crippen LogP) is 3.34. The molecule has 0 N–H and O–H groups in total. The van der Waals surface area contributed by atoms with Crippen LogP contribution in [0, 0.1) is 17.3 Å². The molecule has 3 fully saturated rings. The third-order valence-electron chi connectivity index (χ3n) is 6.12. The summed E-state index contributed by atoms with van der Waals surface area (Å²) in [5, 5.41) is 0. The van der Waals surface area contributed by atoms with Gasteiger partial charge in [0.2, 0.25) is 0 Å². The van der Waals surface area contributed by atoms with Crippen LogP contribution in [0.3, 0.4) is 0 Å². The van der Waals surface area contributed by atoms with E-state index in [4.69, 9.17) is 4.74 Å². The average molecular weight is 236 g/mol. The van der Waals surface area contributed by atoms with Crippen molar-refractivity contribution in [3.63, 3.8) is 0 Å². The number of rotatable bonds is 0. The number of ether oxygens (including phenoxy) is 1. The molecule has 2 aliphatic carbocycles. The Morgan fingerprint density at radius 2 is 1.88 bits per heavy atom. The number of fused-ring (bicyclic) bond motifs is 1. The van der Waals surface area contributed by atoms with Gasteiger partial charge in [0.15, 0.2) is 11.4 Å². The van der Waals surface area contributed by atoms with E-state index >= 15 is 0 Å². The molecule has 0 amide bonds. The Morgan fingerprint density at radius 1 is 1.24 bits per heavy atom. The molecule has 1 heterocycles. The number of carbonyl (C=O) groups is 1. The standard InChI is InChI=1S/C15H24O2/c1-10-6-5-7-11-8-12(16)15(9-14(10,11)4)13(2,3)17-15/h10-11H,5-9H2,1-4H3/t10-,11+,14+,15-/m0/s1. The minimum absolute atomic E-state index is 0.213. The van der Waals surface area contributed by atoms with Crippen molar-refractivity contribution in [1.29, 1.82) is 0 Å². The molecule has 3 aliphatic rings. The Bertz CT molecular complexity index is 373. The van der Waals surface area contributed by atoms with E-state index in [-0.39, 0.29) is 5.60 Å². The van der Waals surface area contributed by atoms with E-state index in [1.807, 2.05) is 0 Å². The molecule has 0 aromatic rings. The number of epoxide rings is 1. The van der Waals surface area contributed by atoms with Crippen LogP contribution < -0.4 is 0 Å². The van der Waals surface area contributed by atoms with Gasteiger partial charge in [0.25, 0.3) is 0 Å². The second kappa shape index (κ2) is 3.14. The molecule has 2 heteroatoms. The van der Waals surface area contributed by atoms with E-state index in [0.29, 0.717) is 17.1 Å². The first kappa shape index (κ1) is 11.7. The van der Waals surface area contributed by atoms with Crippen LogP contribution in [0.1, 0.15) is 59.8 Å². The molecule has 1 saturated heterocycles. The summed E-state index contributed by atoms with van der Waals surface area (Å²) in [5.74, 6) is 1.70. The first-order valence-corrected chi connectivity index (χ1v) is 7.05. The molecule has 1 aliphatic heterocycles. The molecular formula is C15H24O2. The Kier molecular flexibility index (Phi) is 2.16. The fourth-order valence-electron chi connectivity index (χ4n) is 4.46. The Balaban J connectivity index is 1.93. The van der Waals surface area contributed by atoms with Gasteiger partial charge in [-0.25, -0.2) is 0 Å². The molecule has 0 radical (unpaired) electrons. The van der Waals surface area contributed by atoms with E-state index in [9.17, 15) is 4.79 Å². The smallest absolute Gasteiger partial charge is 0.167 e. The molecule has 0 unspecified atom stereocenters. The monoisotopic (exact) mass is 236 g/mol. The third kappa shape index (κ3) is 1.34. The zero-order valence-corrected chi connectivity index (χ0v) is 11.5. The lowest BCUT2D eigenvalue weighted by Crippen LogP contribution is -2.51. The van der Waals surface area contributed by atoms with Crippen molar-refractivity contribution in [1.82, 2.24) is 0 Å². The van der Waals surface area contributed by atoms with Crippen LogP contribution in [0.4, 0.5) is 0 Å². The highest BCUT2D eigenvalue weighted by atomic mass is 16.6. The van der Waals surface area contributed by atoms with Gasteiger partial charge >= 0.3 is 0 Å². The molecule has 0 bridgehead atoms. The summed E-state index contributed by atoms with van der Waals surface area (Å²) in [7, 11) is 0. The van der Waals surface area contributed by atoms with E-state index in [0.717, 1.165) is 18.8 Å². The topological polar surface area (TPSA) is 29.6 Å². The van der Waals surface area contributed by atoms with Crippen LogP contribution in [0.2, 0.25) is 0 Å². The molecule has 0 aromatic carbocycles. The van der Waals surface area contributed by atoms with Crippen LogP contribution in [-0.4, -0.2) is 17.0 Å². The largest absolute Gasteiger partial charge is 0.355 e. The van der Waals surface area contributed by atoms with Gasteiger partial charge in [-0.1, -0.05) is 26.7 Å². The van der Waals surface area contributed by atoms with Gasteiger partial charge in [0, 0.05) is 6.42 Å². The number of carbonyl (C=O) groups excluding carboxylic acids is 1. The van der Waals surface area contributed by atoms with Crippen molar-refractivity contribution >= 4 is 5.78 Å². The van der Waals surface area contributed by atoms with Crippen molar-refractivity contribution in [3.8, 4) is 0 Å². The van der Waals surface area contributed by atoms with Gasteiger partial charge in [-0.2, -0.15) is 0 Å². The summed E-state index contributed by atoms with van der Waals surface area (Å²) in [6.45, 7) is 8.91. The van der Waals surface area contributed by atoms with E-state index < -0.39 is 5.60 Å². The number of hydrogen-bond acceptors (Lipinski definition) is 2. The maximum absolute atomic E-state index is 12.4. The SMILES string of the molecule is C[C@H]1CCC[C@@H]2CC(=O)[C@]3(C[C@@]21C)OC3(C)C. The number of Topliss-reactive ketones (excluding diaryl/α,β-unsaturated/α-hetero) is 1. The van der Waals surface area contributed by atoms with Crippen molar-refractivity contribution in [2.75, 3.05) is 0 Å². The summed E-state index contributed by atoms with van der Waals surface area (Å²) < 4.78 is 5.86. The van der Waals surface area contributed by atoms with Gasteiger partial charge in [0.1, 0.15) is 5.60 Å². The van der Waals surface area contributed by atoms with Crippen molar-refractivity contribution in [2.45, 2.75) is 71.0 Å². The van der Waals surface area contributed by atoms with Crippen molar-refractivity contribution in [3.05, 3.63) is 0 Å². The van der Waals surface area contributed by atoms with E-state index in [2.05, 4.69) is 27.7 Å². The van der Waals surface area contributed by atoms with E-state index in [1.54, 1.807) is 0 Å². The summed E-state index contributed by atoms with van der Waals surface area (Å²) in [4.78, 5) is 12.4. The fraction of sp³-hybridized carbons (Fsp3) is 0.933. The molecule has 0 aromatic heterocycles. The van der Waals surface area contributed by atoms with Crippen molar-refractivity contribution in [2.24, 2.45) is 17.3 Å². The van der Waals surface area contributed by atoms with Gasteiger partial charge in [-0.3, -0.25) is 4.79 Å². The zero-order valence-electron chi connectivity index (χ0n) is 11.5. The quantitative estimate of drug-likeness (QED) is 0.604. The molecule has 3 rings (SSSR count). The normalized spacial score (nSPS) is 52.4. The number of ketones is 1. The Morgan fingerprint density at radius 3 is 2.47 bits per heavy atom. The van der Waals surface area contributed by atoms with Gasteiger partial charge in [0.05, 0.1) is 0 Å². The van der Waals surface area contributed by atoms with Gasteiger partial charge in [-0.15, -0.1) is 0 Å². The lowest BCUT2D eigenvalue weighted by molar-refractivity contribution is -0.136. The zero-order chi connectivity index (χ0) is 12.5. The summed E-state index contributed by atoms with van der Waals surface area (Å²) >= 11 is 0. The predicted molar refractivity (Wildman–Crippen MR) is 66.7 cm³/mol. The molecule has 2 nitrogen and oxygen atoms in total. The first-order valence-electron chi connectivity index (χ1n) is 7.05. The molecule has 96 valence electrons. The third-order valence-corrected chi connectivity index (χ3v) is 6.12. The van der Waals surface area contributed by atoms with Crippen LogP contribution in [0.25, 0.3) is 0 Å². The highest BCUT2D eigenvalue weighted by molar-refractivity contribution is 5.92. The molecule has 1 spiro atoms. The maximum atomic E-state index is 12.4. The van der Waals surface area contributed by atoms with Gasteiger partial charge < -0.3 is 4.74 Å². The second-order valence-corrected chi connectivity index (χ2v) is 7.28. The van der Waals surface area contributed by atoms with Crippen LogP contribution in [0.5, 0.6) is 0 Å². The lowest BCUT2D eigenvalue weighted by atomic mass is 9.52. The Hall–Kier alpha value is -0.370. The number of hydrogen-bond donors (Lipinski definition) is 0. The fourth-order valence-corrected chi connectivity index (χ4v) is 4.46. The average Bonchev–Trinajstić information content (AvgIpc) is 2.75. The highest BCUT2D eigenvalue weighted by Gasteiger charge is 2.73. The van der Waals surface area contributed by atoms with Crippen LogP contribution in [0.15, 0.2) is 0 Å². The van der Waals surface area contributed by atoms with Crippen molar-refractivity contribution < 1.29 is 9.53 Å². The summed E-state index contributed by atoms with van der Waals surface area (Å²) in [6.07, 6.45) is 5.56. The second-order valence-electron chi connectivity index (χ2n) is 7.28. The Labute approximate surface area is 104 Å². The minimum Gasteiger partial charge on any atom is -0.355 e. The molecule has 2 saturated carbocycles. The molecule has 17 heavy (non-hydrogen) atoms. The van der Waals surface area contributed by atoms with Crippen LogP contribution in [-0.2, 0) is 9.53 Å².